The van der Waals surface area contributed by atoms with Crippen molar-refractivity contribution in [2.24, 2.45) is 0 Å². The Hall–Kier alpha value is -2.66. The van der Waals surface area contributed by atoms with Crippen LogP contribution in [0.5, 0.6) is 0 Å². The minimum atomic E-state index is -0.219. The van der Waals surface area contributed by atoms with Crippen molar-refractivity contribution in [2.45, 2.75) is 57.5 Å². The van der Waals surface area contributed by atoms with Crippen LogP contribution < -0.4 is 0 Å². The van der Waals surface area contributed by atoms with Crippen molar-refractivity contribution < 1.29 is 4.39 Å². The van der Waals surface area contributed by atoms with Gasteiger partial charge in [-0.2, -0.15) is 0 Å². The standard InChI is InChI=1S/C25H27FN4/c26-23-8-6-19(7-9-23)21-12-18(13-27-14-21)16-30-11-10-24-22(17-30)15-28-25(29-24)20-4-2-1-3-5-20/h6-9,12-15,20H,1-5,10-11,16-17H2. The summed E-state index contributed by atoms with van der Waals surface area (Å²) in [5.74, 6) is 1.41. The lowest BCUT2D eigenvalue weighted by Crippen LogP contribution is -2.31. The van der Waals surface area contributed by atoms with E-state index < -0.39 is 0 Å². The highest BCUT2D eigenvalue weighted by atomic mass is 19.1. The second-order valence-corrected chi connectivity index (χ2v) is 8.58. The van der Waals surface area contributed by atoms with Crippen LogP contribution in [0.15, 0.2) is 48.9 Å². The van der Waals surface area contributed by atoms with Gasteiger partial charge in [-0.1, -0.05) is 31.4 Å². The highest BCUT2D eigenvalue weighted by Crippen LogP contribution is 2.31. The zero-order valence-electron chi connectivity index (χ0n) is 17.2. The average Bonchev–Trinajstić information content (AvgIpc) is 2.80. The lowest BCUT2D eigenvalue weighted by Gasteiger charge is -2.29. The van der Waals surface area contributed by atoms with Gasteiger partial charge < -0.3 is 0 Å². The van der Waals surface area contributed by atoms with Gasteiger partial charge in [0, 0.05) is 67.4 Å². The van der Waals surface area contributed by atoms with Gasteiger partial charge in [-0.05, 0) is 42.2 Å². The maximum atomic E-state index is 13.2. The Morgan fingerprint density at radius 2 is 1.80 bits per heavy atom. The molecule has 5 heteroatoms. The Bertz CT molecular complexity index is 1010. The fourth-order valence-corrected chi connectivity index (χ4v) is 4.71. The first-order valence-electron chi connectivity index (χ1n) is 11.0. The molecule has 0 spiro atoms. The molecule has 0 amide bonds. The van der Waals surface area contributed by atoms with Crippen LogP contribution in [0.4, 0.5) is 4.39 Å². The first kappa shape index (κ1) is 19.3. The van der Waals surface area contributed by atoms with E-state index in [4.69, 9.17) is 9.97 Å². The summed E-state index contributed by atoms with van der Waals surface area (Å²) >= 11 is 0. The van der Waals surface area contributed by atoms with E-state index in [1.54, 1.807) is 12.1 Å². The van der Waals surface area contributed by atoms with Gasteiger partial charge in [-0.25, -0.2) is 14.4 Å². The normalized spacial score (nSPS) is 17.6. The van der Waals surface area contributed by atoms with Crippen LogP contribution in [0.25, 0.3) is 11.1 Å². The summed E-state index contributed by atoms with van der Waals surface area (Å²) in [7, 11) is 0. The van der Waals surface area contributed by atoms with Crippen molar-refractivity contribution in [1.29, 1.82) is 0 Å². The molecule has 0 saturated heterocycles. The third-order valence-electron chi connectivity index (χ3n) is 6.38. The fraction of sp³-hybridized carbons (Fsp3) is 0.400. The lowest BCUT2D eigenvalue weighted by molar-refractivity contribution is 0.242. The molecule has 0 N–H and O–H groups in total. The molecule has 30 heavy (non-hydrogen) atoms. The van der Waals surface area contributed by atoms with Crippen molar-refractivity contribution in [1.82, 2.24) is 19.9 Å². The first-order valence-corrected chi connectivity index (χ1v) is 11.0. The largest absolute Gasteiger partial charge is 0.294 e. The molecular weight excluding hydrogens is 375 g/mol. The molecule has 4 nitrogen and oxygen atoms in total. The highest BCUT2D eigenvalue weighted by Gasteiger charge is 2.22. The number of hydrogen-bond acceptors (Lipinski definition) is 4. The van der Waals surface area contributed by atoms with Crippen LogP contribution in [0.1, 0.15) is 60.7 Å². The zero-order valence-corrected chi connectivity index (χ0v) is 17.2. The van der Waals surface area contributed by atoms with E-state index in [1.807, 2.05) is 12.4 Å². The van der Waals surface area contributed by atoms with Gasteiger partial charge in [-0.15, -0.1) is 0 Å². The summed E-state index contributed by atoms with van der Waals surface area (Å²) in [5.41, 5.74) is 5.66. The third kappa shape index (κ3) is 4.26. The number of fused-ring (bicyclic) bond motifs is 1. The quantitative estimate of drug-likeness (QED) is 0.595. The minimum absolute atomic E-state index is 0.219. The van der Waals surface area contributed by atoms with Crippen molar-refractivity contribution in [3.8, 4) is 11.1 Å². The Morgan fingerprint density at radius 3 is 2.63 bits per heavy atom. The van der Waals surface area contributed by atoms with Gasteiger partial charge in [-0.3, -0.25) is 9.88 Å². The molecule has 0 unspecified atom stereocenters. The number of benzene rings is 1. The molecule has 2 aliphatic rings. The number of nitrogens with zero attached hydrogens (tertiary/aromatic N) is 4. The Kier molecular flexibility index (Phi) is 5.54. The lowest BCUT2D eigenvalue weighted by atomic mass is 9.88. The van der Waals surface area contributed by atoms with Crippen molar-refractivity contribution in [3.63, 3.8) is 0 Å². The number of halogens is 1. The van der Waals surface area contributed by atoms with Crippen LogP contribution >= 0.6 is 0 Å². The Balaban J connectivity index is 1.27. The van der Waals surface area contributed by atoms with Crippen LogP contribution in [0.3, 0.4) is 0 Å². The van der Waals surface area contributed by atoms with Crippen molar-refractivity contribution in [3.05, 3.63) is 77.4 Å². The fourth-order valence-electron chi connectivity index (χ4n) is 4.71. The minimum Gasteiger partial charge on any atom is -0.294 e. The molecule has 1 saturated carbocycles. The summed E-state index contributed by atoms with van der Waals surface area (Å²) in [4.78, 5) is 16.5. The van der Waals surface area contributed by atoms with Gasteiger partial charge in [0.2, 0.25) is 0 Å². The maximum Gasteiger partial charge on any atom is 0.131 e. The van der Waals surface area contributed by atoms with E-state index in [0.717, 1.165) is 43.0 Å². The maximum absolute atomic E-state index is 13.2. The smallest absolute Gasteiger partial charge is 0.131 e. The van der Waals surface area contributed by atoms with Gasteiger partial charge in [0.25, 0.3) is 0 Å². The van der Waals surface area contributed by atoms with E-state index in [2.05, 4.69) is 22.1 Å². The summed E-state index contributed by atoms with van der Waals surface area (Å²) in [6, 6.07) is 8.73. The molecule has 0 radical (unpaired) electrons. The van der Waals surface area contributed by atoms with Crippen LogP contribution in [0, 0.1) is 5.82 Å². The summed E-state index contributed by atoms with van der Waals surface area (Å²) in [5, 5.41) is 0. The molecule has 1 aliphatic carbocycles. The molecule has 0 atom stereocenters. The molecule has 3 aromatic rings. The van der Waals surface area contributed by atoms with Crippen molar-refractivity contribution >= 4 is 0 Å². The second-order valence-electron chi connectivity index (χ2n) is 8.58. The highest BCUT2D eigenvalue weighted by molar-refractivity contribution is 5.62. The molecule has 1 aromatic carbocycles. The Labute approximate surface area is 177 Å². The molecule has 5 rings (SSSR count). The van der Waals surface area contributed by atoms with Gasteiger partial charge in [0.1, 0.15) is 11.6 Å². The molecule has 1 aliphatic heterocycles. The Morgan fingerprint density at radius 1 is 0.967 bits per heavy atom. The first-order chi connectivity index (χ1) is 14.7. The SMILES string of the molecule is Fc1ccc(-c2cncc(CN3CCc4nc(C5CCCCC5)ncc4C3)c2)cc1. The molecule has 3 heterocycles. The van der Waals surface area contributed by atoms with Gasteiger partial charge in [0.15, 0.2) is 0 Å². The van der Waals surface area contributed by atoms with Crippen LogP contribution in [-0.4, -0.2) is 26.4 Å². The topological polar surface area (TPSA) is 41.9 Å². The average molecular weight is 403 g/mol. The molecule has 154 valence electrons. The van der Waals surface area contributed by atoms with Gasteiger partial charge in [0.05, 0.1) is 0 Å². The predicted molar refractivity (Wildman–Crippen MR) is 115 cm³/mol. The molecule has 0 bridgehead atoms. The van der Waals surface area contributed by atoms with Gasteiger partial charge >= 0.3 is 0 Å². The van der Waals surface area contributed by atoms with E-state index in [9.17, 15) is 4.39 Å². The van der Waals surface area contributed by atoms with E-state index in [0.29, 0.717) is 5.92 Å². The number of aromatic nitrogens is 3. The third-order valence-corrected chi connectivity index (χ3v) is 6.38. The number of rotatable bonds is 4. The molecule has 1 fully saturated rings. The summed E-state index contributed by atoms with van der Waals surface area (Å²) < 4.78 is 13.2. The predicted octanol–water partition coefficient (Wildman–Crippen LogP) is 5.28. The van der Waals surface area contributed by atoms with Crippen LogP contribution in [0.2, 0.25) is 0 Å². The second kappa shape index (κ2) is 8.60. The summed E-state index contributed by atoms with van der Waals surface area (Å²) in [6.07, 6.45) is 13.2. The van der Waals surface area contributed by atoms with E-state index in [-0.39, 0.29) is 5.82 Å². The van der Waals surface area contributed by atoms with E-state index in [1.165, 1.54) is 61.1 Å². The van der Waals surface area contributed by atoms with E-state index >= 15 is 0 Å². The monoisotopic (exact) mass is 402 g/mol. The molecular formula is C25H27FN4. The van der Waals surface area contributed by atoms with Crippen LogP contribution in [-0.2, 0) is 19.5 Å². The van der Waals surface area contributed by atoms with Crippen molar-refractivity contribution in [2.75, 3.05) is 6.54 Å². The zero-order chi connectivity index (χ0) is 20.3. The summed E-state index contributed by atoms with van der Waals surface area (Å²) in [6.45, 7) is 2.71. The number of hydrogen-bond donors (Lipinski definition) is 0. The molecule has 2 aromatic heterocycles. The number of pyridine rings is 1.